The number of hydrogen-bond donors (Lipinski definition) is 6. The number of ether oxygens (including phenoxy) is 1. The number of anilines is 1. The first-order valence-corrected chi connectivity index (χ1v) is 13.2. The van der Waals surface area contributed by atoms with E-state index in [1.165, 1.54) is 58.3 Å². The first kappa shape index (κ1) is 36.2. The summed E-state index contributed by atoms with van der Waals surface area (Å²) >= 11 is 0. The molecule has 40 heavy (non-hydrogen) atoms. The highest BCUT2D eigenvalue weighted by atomic mass is 16.5. The number of aldehydes is 1. The first-order chi connectivity index (χ1) is 19.0. The van der Waals surface area contributed by atoms with Gasteiger partial charge in [0.2, 0.25) is 5.91 Å². The second kappa shape index (κ2) is 22.1. The highest BCUT2D eigenvalue weighted by Crippen LogP contribution is 2.15. The minimum atomic E-state index is -0.933. The van der Waals surface area contributed by atoms with Crippen molar-refractivity contribution in [2.75, 3.05) is 19.0 Å². The van der Waals surface area contributed by atoms with E-state index < -0.39 is 18.0 Å². The number of nitrogens with one attached hydrogen (secondary N) is 1. The molecule has 11 nitrogen and oxygen atoms in total. The van der Waals surface area contributed by atoms with Gasteiger partial charge < -0.3 is 37.5 Å². The highest BCUT2D eigenvalue weighted by molar-refractivity contribution is 5.89. The lowest BCUT2D eigenvalue weighted by molar-refractivity contribution is -0.138. The number of carbonyl (C=O) groups excluding carboxylic acids is 2. The van der Waals surface area contributed by atoms with Crippen LogP contribution in [0.25, 0.3) is 0 Å². The van der Waals surface area contributed by atoms with Gasteiger partial charge >= 0.3 is 11.9 Å². The number of unbranched alkanes of at least 4 members (excludes halogenated alkanes) is 1. The van der Waals surface area contributed by atoms with Gasteiger partial charge in [-0.05, 0) is 80.8 Å². The Balaban J connectivity index is 0.000000515. The van der Waals surface area contributed by atoms with Crippen molar-refractivity contribution in [2.24, 2.45) is 17.2 Å². The van der Waals surface area contributed by atoms with Crippen molar-refractivity contribution in [2.45, 2.75) is 70.4 Å². The minimum absolute atomic E-state index is 0.117. The van der Waals surface area contributed by atoms with E-state index in [1.54, 1.807) is 36.4 Å². The monoisotopic (exact) mass is 560 g/mol. The standard InChI is InChI=1S/C9H9NO2.C8H8O3.C6H14N2O2.C6H13N/c1-7(12)10-9-4-2-8(6-11)3-5-9;1-11-7-4-2-6(3-5-7)8(9)10;7-4-2-1-3-5(8)6(9)10;7-6-4-2-1-3-5-6/h2-6H,1H3,(H,10,12);2-5H,1H3,(H,9,10);5H,1-4,7-8H2,(H,9,10);6H,1-5,7H2/t;;5-;/m..0./s1. The van der Waals surface area contributed by atoms with Crippen molar-refractivity contribution in [3.8, 4) is 5.75 Å². The molecule has 1 aliphatic rings. The summed E-state index contributed by atoms with van der Waals surface area (Å²) in [6, 6.07) is 12.7. The number of hydrogen-bond acceptors (Lipinski definition) is 8. The van der Waals surface area contributed by atoms with Crippen LogP contribution < -0.4 is 27.3 Å². The van der Waals surface area contributed by atoms with Gasteiger partial charge in [0.25, 0.3) is 0 Å². The molecule has 1 amide bonds. The van der Waals surface area contributed by atoms with Crippen molar-refractivity contribution >= 4 is 29.8 Å². The molecule has 222 valence electrons. The van der Waals surface area contributed by atoms with Crippen LogP contribution in [0.15, 0.2) is 48.5 Å². The second-order valence-electron chi connectivity index (χ2n) is 9.08. The van der Waals surface area contributed by atoms with Gasteiger partial charge in [0.15, 0.2) is 0 Å². The summed E-state index contributed by atoms with van der Waals surface area (Å²) < 4.78 is 4.86. The molecule has 3 rings (SSSR count). The van der Waals surface area contributed by atoms with Gasteiger partial charge in [0, 0.05) is 24.2 Å². The zero-order valence-corrected chi connectivity index (χ0v) is 23.4. The maximum absolute atomic E-state index is 10.6. The van der Waals surface area contributed by atoms with Crippen LogP contribution in [0.4, 0.5) is 5.69 Å². The van der Waals surface area contributed by atoms with Crippen LogP contribution in [-0.2, 0) is 9.59 Å². The van der Waals surface area contributed by atoms with Gasteiger partial charge in [0.05, 0.1) is 12.7 Å². The zero-order chi connectivity index (χ0) is 30.3. The van der Waals surface area contributed by atoms with Gasteiger partial charge in [-0.3, -0.25) is 14.4 Å². The number of carboxylic acids is 2. The van der Waals surface area contributed by atoms with E-state index in [0.29, 0.717) is 36.0 Å². The number of nitrogens with two attached hydrogens (primary N) is 3. The molecule has 9 N–H and O–H groups in total. The summed E-state index contributed by atoms with van der Waals surface area (Å²) in [7, 11) is 1.54. The molecular weight excluding hydrogens is 516 g/mol. The van der Waals surface area contributed by atoms with Crippen LogP contribution in [0.3, 0.4) is 0 Å². The number of benzene rings is 2. The predicted octanol–water partition coefficient (Wildman–Crippen LogP) is 3.66. The average Bonchev–Trinajstić information content (AvgIpc) is 2.94. The third kappa shape index (κ3) is 18.5. The van der Waals surface area contributed by atoms with Crippen molar-refractivity contribution in [3.63, 3.8) is 0 Å². The van der Waals surface area contributed by atoms with E-state index in [4.69, 9.17) is 32.2 Å². The normalized spacial score (nSPS) is 12.9. The molecule has 11 heteroatoms. The fraction of sp³-hybridized carbons (Fsp3) is 0.448. The van der Waals surface area contributed by atoms with E-state index in [9.17, 15) is 19.2 Å². The molecule has 2 aromatic carbocycles. The summed E-state index contributed by atoms with van der Waals surface area (Å²) in [5.74, 6) is -1.31. The summed E-state index contributed by atoms with van der Waals surface area (Å²) in [6.07, 6.45) is 9.59. The van der Waals surface area contributed by atoms with E-state index in [2.05, 4.69) is 5.32 Å². The molecule has 1 saturated carbocycles. The fourth-order valence-electron chi connectivity index (χ4n) is 3.35. The van der Waals surface area contributed by atoms with Gasteiger partial charge in [0.1, 0.15) is 18.1 Å². The number of methoxy groups -OCH3 is 1. The van der Waals surface area contributed by atoms with Crippen molar-refractivity contribution in [1.29, 1.82) is 0 Å². The third-order valence-electron chi connectivity index (χ3n) is 5.64. The van der Waals surface area contributed by atoms with Crippen LogP contribution in [-0.4, -0.2) is 60.1 Å². The number of carboxylic acid groups (broad SMARTS) is 2. The van der Waals surface area contributed by atoms with Gasteiger partial charge in [-0.2, -0.15) is 0 Å². The van der Waals surface area contributed by atoms with Crippen LogP contribution in [0.1, 0.15) is 79.0 Å². The third-order valence-corrected chi connectivity index (χ3v) is 5.64. The zero-order valence-electron chi connectivity index (χ0n) is 23.4. The van der Waals surface area contributed by atoms with Crippen LogP contribution in [0.5, 0.6) is 5.75 Å². The Morgan fingerprint density at radius 3 is 1.95 bits per heavy atom. The summed E-state index contributed by atoms with van der Waals surface area (Å²) in [4.78, 5) is 41.3. The summed E-state index contributed by atoms with van der Waals surface area (Å²) in [5, 5.41) is 19.4. The molecule has 0 saturated heterocycles. The van der Waals surface area contributed by atoms with Crippen LogP contribution in [0.2, 0.25) is 0 Å². The molecule has 0 heterocycles. The maximum atomic E-state index is 10.6. The van der Waals surface area contributed by atoms with E-state index >= 15 is 0 Å². The lowest BCUT2D eigenvalue weighted by Gasteiger charge is -2.15. The molecule has 1 atom stereocenters. The summed E-state index contributed by atoms with van der Waals surface area (Å²) in [5.41, 5.74) is 17.6. The second-order valence-corrected chi connectivity index (χ2v) is 9.08. The van der Waals surface area contributed by atoms with Crippen LogP contribution in [0, 0.1) is 0 Å². The molecule has 0 aromatic heterocycles. The quantitative estimate of drug-likeness (QED) is 0.194. The van der Waals surface area contributed by atoms with Crippen molar-refractivity contribution < 1.29 is 34.1 Å². The minimum Gasteiger partial charge on any atom is -0.497 e. The van der Waals surface area contributed by atoms with Crippen molar-refractivity contribution in [1.82, 2.24) is 0 Å². The number of rotatable bonds is 9. The van der Waals surface area contributed by atoms with E-state index in [0.717, 1.165) is 19.1 Å². The Morgan fingerprint density at radius 2 is 1.57 bits per heavy atom. The Hall–Kier alpha value is -3.80. The SMILES string of the molecule is CC(=O)Nc1ccc(C=O)cc1.COc1ccc(C(=O)O)cc1.NC1CCCCC1.NCCCC[C@H](N)C(=O)O. The number of carbonyl (C=O) groups is 4. The average molecular weight is 561 g/mol. The molecule has 0 unspecified atom stereocenters. The lowest BCUT2D eigenvalue weighted by atomic mass is 9.97. The smallest absolute Gasteiger partial charge is 0.335 e. The maximum Gasteiger partial charge on any atom is 0.335 e. The first-order valence-electron chi connectivity index (χ1n) is 13.2. The number of aromatic carboxylic acids is 1. The highest BCUT2D eigenvalue weighted by Gasteiger charge is 2.09. The Labute approximate surface area is 236 Å². The molecule has 1 aliphatic carbocycles. The van der Waals surface area contributed by atoms with E-state index in [1.807, 2.05) is 0 Å². The Kier molecular flexibility index (Phi) is 20.0. The molecule has 0 bridgehead atoms. The molecule has 0 radical (unpaired) electrons. The van der Waals surface area contributed by atoms with Gasteiger partial charge in [-0.25, -0.2) is 4.79 Å². The van der Waals surface area contributed by atoms with Crippen molar-refractivity contribution in [3.05, 3.63) is 59.7 Å². The molecule has 0 spiro atoms. The largest absolute Gasteiger partial charge is 0.497 e. The molecule has 0 aliphatic heterocycles. The molecular formula is C29H44N4O7. The van der Waals surface area contributed by atoms with E-state index in [-0.39, 0.29) is 11.5 Å². The topological polar surface area (TPSA) is 208 Å². The van der Waals surface area contributed by atoms with Gasteiger partial charge in [-0.1, -0.05) is 25.7 Å². The number of aliphatic carboxylic acids is 1. The lowest BCUT2D eigenvalue weighted by Crippen LogP contribution is -2.29. The number of amides is 1. The van der Waals surface area contributed by atoms with Crippen LogP contribution >= 0.6 is 0 Å². The summed E-state index contributed by atoms with van der Waals surface area (Å²) in [6.45, 7) is 2.04. The molecule has 2 aromatic rings. The Morgan fingerprint density at radius 1 is 1.00 bits per heavy atom. The fourth-order valence-corrected chi connectivity index (χ4v) is 3.35. The van der Waals surface area contributed by atoms with Gasteiger partial charge in [-0.15, -0.1) is 0 Å². The predicted molar refractivity (Wildman–Crippen MR) is 156 cm³/mol. The Bertz CT molecular complexity index is 992. The molecule has 1 fully saturated rings.